The van der Waals surface area contributed by atoms with E-state index in [1.807, 2.05) is 24.3 Å². The first kappa shape index (κ1) is 13.8. The highest BCUT2D eigenvalue weighted by Crippen LogP contribution is 2.28. The molecular weight excluding hydrogens is 245 g/mol. The Labute approximate surface area is 108 Å². The van der Waals surface area contributed by atoms with Crippen molar-refractivity contribution in [2.24, 2.45) is 0 Å². The predicted octanol–water partition coefficient (Wildman–Crippen LogP) is 3.20. The van der Waals surface area contributed by atoms with Crippen LogP contribution in [0.2, 0.25) is 5.02 Å². The number of nitrogens with one attached hydrogen (secondary N) is 1. The second-order valence-corrected chi connectivity index (χ2v) is 4.99. The summed E-state index contributed by atoms with van der Waals surface area (Å²) in [5.74, 6) is 0. The van der Waals surface area contributed by atoms with Crippen molar-refractivity contribution in [1.29, 1.82) is 0 Å². The van der Waals surface area contributed by atoms with Gasteiger partial charge in [-0.2, -0.15) is 0 Å². The van der Waals surface area contributed by atoms with E-state index in [1.54, 1.807) is 0 Å². The third-order valence-electron chi connectivity index (χ3n) is 2.66. The molecule has 1 aromatic carbocycles. The van der Waals surface area contributed by atoms with Crippen LogP contribution in [-0.2, 0) is 4.74 Å². The summed E-state index contributed by atoms with van der Waals surface area (Å²) >= 11 is 6.12. The van der Waals surface area contributed by atoms with E-state index in [0.29, 0.717) is 6.61 Å². The summed E-state index contributed by atoms with van der Waals surface area (Å²) in [6.07, 6.45) is 0.0757. The standard InChI is InChI=1S/C12H16ClNO.ClH/c1-12(2)8-15-11(7-14-12)9-5-3-4-6-10(9)13;/h3-6,11,14H,7-8H2,1-2H3;1H. The van der Waals surface area contributed by atoms with Crippen LogP contribution in [0.1, 0.15) is 25.5 Å². The third-order valence-corrected chi connectivity index (χ3v) is 3.01. The zero-order chi connectivity index (χ0) is 10.9. The molecule has 1 fully saturated rings. The molecule has 1 saturated heterocycles. The van der Waals surface area contributed by atoms with E-state index >= 15 is 0 Å². The van der Waals surface area contributed by atoms with Crippen molar-refractivity contribution in [1.82, 2.24) is 5.32 Å². The molecule has 4 heteroatoms. The molecule has 0 amide bonds. The molecule has 0 radical (unpaired) electrons. The molecule has 1 aliphatic heterocycles. The first-order chi connectivity index (χ1) is 7.08. The summed E-state index contributed by atoms with van der Waals surface area (Å²) in [5.41, 5.74) is 1.14. The van der Waals surface area contributed by atoms with E-state index in [9.17, 15) is 0 Å². The molecule has 0 bridgehead atoms. The second-order valence-electron chi connectivity index (χ2n) is 4.59. The Morgan fingerprint density at radius 2 is 2.06 bits per heavy atom. The zero-order valence-corrected chi connectivity index (χ0v) is 11.1. The average Bonchev–Trinajstić information content (AvgIpc) is 2.19. The van der Waals surface area contributed by atoms with Crippen LogP contribution in [-0.4, -0.2) is 18.7 Å². The lowest BCUT2D eigenvalue weighted by molar-refractivity contribution is -0.0228. The fourth-order valence-corrected chi connectivity index (χ4v) is 1.98. The first-order valence-corrected chi connectivity index (χ1v) is 5.57. The molecule has 2 nitrogen and oxygen atoms in total. The van der Waals surface area contributed by atoms with Gasteiger partial charge < -0.3 is 10.1 Å². The van der Waals surface area contributed by atoms with Crippen molar-refractivity contribution < 1.29 is 4.74 Å². The molecule has 1 unspecified atom stereocenters. The van der Waals surface area contributed by atoms with E-state index in [1.165, 1.54) is 0 Å². The maximum absolute atomic E-state index is 6.12. The lowest BCUT2D eigenvalue weighted by Crippen LogP contribution is -2.50. The van der Waals surface area contributed by atoms with Crippen molar-refractivity contribution in [3.8, 4) is 0 Å². The SMILES string of the molecule is CC1(C)COC(c2ccccc2Cl)CN1.Cl. The van der Waals surface area contributed by atoms with Crippen LogP contribution in [0.5, 0.6) is 0 Å². The van der Waals surface area contributed by atoms with Gasteiger partial charge in [0.2, 0.25) is 0 Å². The van der Waals surface area contributed by atoms with Crippen molar-refractivity contribution >= 4 is 24.0 Å². The van der Waals surface area contributed by atoms with Gasteiger partial charge in [0, 0.05) is 22.7 Å². The van der Waals surface area contributed by atoms with Gasteiger partial charge in [0.1, 0.15) is 0 Å². The quantitative estimate of drug-likeness (QED) is 0.839. The van der Waals surface area contributed by atoms with Crippen LogP contribution >= 0.6 is 24.0 Å². The number of ether oxygens (including phenoxy) is 1. The highest BCUT2D eigenvalue weighted by atomic mass is 35.5. The van der Waals surface area contributed by atoms with Crippen molar-refractivity contribution in [2.75, 3.05) is 13.2 Å². The van der Waals surface area contributed by atoms with Gasteiger partial charge in [-0.15, -0.1) is 12.4 Å². The third kappa shape index (κ3) is 3.11. The molecule has 1 aromatic rings. The molecule has 2 rings (SSSR count). The van der Waals surface area contributed by atoms with Crippen molar-refractivity contribution in [2.45, 2.75) is 25.5 Å². The van der Waals surface area contributed by atoms with Gasteiger partial charge in [0.25, 0.3) is 0 Å². The van der Waals surface area contributed by atoms with E-state index in [2.05, 4.69) is 19.2 Å². The topological polar surface area (TPSA) is 21.3 Å². The van der Waals surface area contributed by atoms with Gasteiger partial charge in [-0.05, 0) is 19.9 Å². The highest BCUT2D eigenvalue weighted by molar-refractivity contribution is 6.31. The second kappa shape index (κ2) is 5.37. The van der Waals surface area contributed by atoms with Gasteiger partial charge in [-0.3, -0.25) is 0 Å². The van der Waals surface area contributed by atoms with Crippen LogP contribution in [0.15, 0.2) is 24.3 Å². The molecular formula is C12H17Cl2NO. The van der Waals surface area contributed by atoms with Gasteiger partial charge in [0.15, 0.2) is 0 Å². The van der Waals surface area contributed by atoms with E-state index in [4.69, 9.17) is 16.3 Å². The number of halogens is 2. The maximum atomic E-state index is 6.12. The van der Waals surface area contributed by atoms with Crippen molar-refractivity contribution in [3.05, 3.63) is 34.9 Å². The molecule has 1 N–H and O–H groups in total. The molecule has 0 spiro atoms. The smallest absolute Gasteiger partial charge is 0.0964 e. The lowest BCUT2D eigenvalue weighted by Gasteiger charge is -2.36. The predicted molar refractivity (Wildman–Crippen MR) is 69.5 cm³/mol. The molecule has 1 atom stereocenters. The Kier molecular flexibility index (Phi) is 4.62. The molecule has 0 aliphatic carbocycles. The minimum absolute atomic E-state index is 0. The first-order valence-electron chi connectivity index (χ1n) is 5.19. The Morgan fingerprint density at radius 1 is 1.38 bits per heavy atom. The number of hydrogen-bond donors (Lipinski definition) is 1. The van der Waals surface area contributed by atoms with Gasteiger partial charge >= 0.3 is 0 Å². The molecule has 0 saturated carbocycles. The summed E-state index contributed by atoms with van der Waals surface area (Å²) in [4.78, 5) is 0. The van der Waals surface area contributed by atoms with Gasteiger partial charge in [0.05, 0.1) is 12.7 Å². The highest BCUT2D eigenvalue weighted by Gasteiger charge is 2.28. The van der Waals surface area contributed by atoms with Crippen LogP contribution in [0.25, 0.3) is 0 Å². The minimum atomic E-state index is 0. The number of hydrogen-bond acceptors (Lipinski definition) is 2. The fraction of sp³-hybridized carbons (Fsp3) is 0.500. The summed E-state index contributed by atoms with van der Waals surface area (Å²) in [5, 5.41) is 4.23. The summed E-state index contributed by atoms with van der Waals surface area (Å²) in [7, 11) is 0. The van der Waals surface area contributed by atoms with E-state index in [0.717, 1.165) is 17.1 Å². The van der Waals surface area contributed by atoms with Crippen molar-refractivity contribution in [3.63, 3.8) is 0 Å². The van der Waals surface area contributed by atoms with Gasteiger partial charge in [-0.1, -0.05) is 29.8 Å². The fourth-order valence-electron chi connectivity index (χ4n) is 1.72. The summed E-state index contributed by atoms with van der Waals surface area (Å²) < 4.78 is 5.81. The van der Waals surface area contributed by atoms with E-state index < -0.39 is 0 Å². The van der Waals surface area contributed by atoms with Crippen LogP contribution < -0.4 is 5.32 Å². The molecule has 1 heterocycles. The number of benzene rings is 1. The molecule has 1 aliphatic rings. The van der Waals surface area contributed by atoms with Crippen LogP contribution in [0.4, 0.5) is 0 Å². The molecule has 90 valence electrons. The van der Waals surface area contributed by atoms with Crippen LogP contribution in [0.3, 0.4) is 0 Å². The van der Waals surface area contributed by atoms with Gasteiger partial charge in [-0.25, -0.2) is 0 Å². The Hall–Kier alpha value is -0.280. The lowest BCUT2D eigenvalue weighted by atomic mass is 10.0. The summed E-state index contributed by atoms with van der Waals surface area (Å²) in [6, 6.07) is 7.85. The maximum Gasteiger partial charge on any atom is 0.0964 e. The average molecular weight is 262 g/mol. The normalized spacial score (nSPS) is 23.6. The largest absolute Gasteiger partial charge is 0.370 e. The minimum Gasteiger partial charge on any atom is -0.370 e. The monoisotopic (exact) mass is 261 g/mol. The Bertz CT molecular complexity index is 345. The zero-order valence-electron chi connectivity index (χ0n) is 9.50. The molecule has 16 heavy (non-hydrogen) atoms. The van der Waals surface area contributed by atoms with E-state index in [-0.39, 0.29) is 24.0 Å². The summed E-state index contributed by atoms with van der Waals surface area (Å²) in [6.45, 7) is 5.80. The number of morpholine rings is 1. The van der Waals surface area contributed by atoms with Crippen LogP contribution in [0, 0.1) is 0 Å². The Balaban J connectivity index is 0.00000128. The number of rotatable bonds is 1. The molecule has 0 aromatic heterocycles. The Morgan fingerprint density at radius 3 is 2.62 bits per heavy atom.